The smallest absolute Gasteiger partial charge is 0.275 e. The van der Waals surface area contributed by atoms with Crippen molar-refractivity contribution in [1.29, 1.82) is 0 Å². The number of hydrogen-bond acceptors (Lipinski definition) is 7. The lowest BCUT2D eigenvalue weighted by Gasteiger charge is -2.40. The minimum absolute atomic E-state index is 0.0501. The zero-order valence-corrected chi connectivity index (χ0v) is 16.7. The zero-order chi connectivity index (χ0) is 19.4. The number of alkyl halides is 1. The number of hydrogen-bond donors (Lipinski definition) is 0. The lowest BCUT2D eigenvalue weighted by molar-refractivity contribution is -0.125. The Balaban J connectivity index is 1.45. The molecule has 2 aromatic rings. The highest BCUT2D eigenvalue weighted by Crippen LogP contribution is 2.39. The molecule has 27 heavy (non-hydrogen) atoms. The summed E-state index contributed by atoms with van der Waals surface area (Å²) < 4.78 is 31.3. The Bertz CT molecular complexity index is 791. The van der Waals surface area contributed by atoms with E-state index in [4.69, 9.17) is 14.2 Å². The Hall–Kier alpha value is -1.80. The fraction of sp³-hybridized carbons (Fsp3) is 0.632. The molecule has 2 heterocycles. The van der Waals surface area contributed by atoms with Gasteiger partial charge in [0.15, 0.2) is 4.83 Å². The van der Waals surface area contributed by atoms with E-state index in [9.17, 15) is 9.18 Å². The van der Waals surface area contributed by atoms with Gasteiger partial charge in [0.05, 0.1) is 12.7 Å². The maximum Gasteiger partial charge on any atom is 0.275 e. The van der Waals surface area contributed by atoms with Gasteiger partial charge in [0.1, 0.15) is 23.6 Å². The number of pyridine rings is 1. The first-order valence-electron chi connectivity index (χ1n) is 9.20. The van der Waals surface area contributed by atoms with E-state index < -0.39 is 5.67 Å². The number of halogens is 1. The SMILES string of the molecule is CCOc1nc2ccc(OCC3(F)CC(OC[C@H](C)CC(C)=O)C3)nc2s1. The summed E-state index contributed by atoms with van der Waals surface area (Å²) in [5.41, 5.74) is -0.655. The quantitative estimate of drug-likeness (QED) is 0.605. The van der Waals surface area contributed by atoms with E-state index in [1.807, 2.05) is 13.8 Å². The van der Waals surface area contributed by atoms with Gasteiger partial charge in [0.25, 0.3) is 5.19 Å². The van der Waals surface area contributed by atoms with Crippen molar-refractivity contribution in [2.75, 3.05) is 19.8 Å². The van der Waals surface area contributed by atoms with Crippen LogP contribution in [-0.4, -0.2) is 47.3 Å². The molecule has 1 aliphatic carbocycles. The van der Waals surface area contributed by atoms with Crippen LogP contribution in [-0.2, 0) is 9.53 Å². The molecule has 0 aromatic carbocycles. The van der Waals surface area contributed by atoms with Crippen LogP contribution in [0.3, 0.4) is 0 Å². The number of aromatic nitrogens is 2. The summed E-state index contributed by atoms with van der Waals surface area (Å²) >= 11 is 1.34. The number of fused-ring (bicyclic) bond motifs is 1. The maximum absolute atomic E-state index is 14.7. The van der Waals surface area contributed by atoms with Crippen LogP contribution in [0.2, 0.25) is 0 Å². The number of ether oxygens (including phenoxy) is 3. The number of thiazole rings is 1. The monoisotopic (exact) mass is 396 g/mol. The van der Waals surface area contributed by atoms with Crippen LogP contribution in [0.4, 0.5) is 4.39 Å². The van der Waals surface area contributed by atoms with Crippen LogP contribution < -0.4 is 9.47 Å². The topological polar surface area (TPSA) is 70.5 Å². The number of ketones is 1. The first-order valence-corrected chi connectivity index (χ1v) is 10.0. The van der Waals surface area contributed by atoms with Crippen molar-refractivity contribution in [2.45, 2.75) is 51.8 Å². The first-order chi connectivity index (χ1) is 12.9. The molecule has 1 saturated carbocycles. The Morgan fingerprint density at radius 3 is 2.85 bits per heavy atom. The van der Waals surface area contributed by atoms with Crippen LogP contribution >= 0.6 is 11.3 Å². The average Bonchev–Trinajstić information content (AvgIpc) is 2.97. The fourth-order valence-corrected chi connectivity index (χ4v) is 3.93. The van der Waals surface area contributed by atoms with E-state index in [1.165, 1.54) is 11.3 Å². The zero-order valence-electron chi connectivity index (χ0n) is 15.9. The molecule has 6 nitrogen and oxygen atoms in total. The summed E-state index contributed by atoms with van der Waals surface area (Å²) in [7, 11) is 0. The normalized spacial score (nSPS) is 23.0. The molecule has 0 radical (unpaired) electrons. The summed E-state index contributed by atoms with van der Waals surface area (Å²) in [4.78, 5) is 20.5. The maximum atomic E-state index is 14.7. The molecule has 0 bridgehead atoms. The van der Waals surface area contributed by atoms with Crippen molar-refractivity contribution in [3.8, 4) is 11.1 Å². The molecule has 1 atom stereocenters. The standard InChI is InChI=1S/C19H25FN2O4S/c1-4-24-18-21-15-5-6-16(22-17(15)27-18)26-11-19(20)8-14(9-19)25-10-12(2)7-13(3)23/h5-6,12,14H,4,7-11H2,1-3H3/t12-,14?,19?/m1/s1. The molecule has 0 saturated heterocycles. The summed E-state index contributed by atoms with van der Waals surface area (Å²) in [5.74, 6) is 0.683. The summed E-state index contributed by atoms with van der Waals surface area (Å²) in [6, 6.07) is 3.49. The molecule has 1 fully saturated rings. The second-order valence-electron chi connectivity index (χ2n) is 7.20. The van der Waals surface area contributed by atoms with E-state index >= 15 is 0 Å². The van der Waals surface area contributed by atoms with Gasteiger partial charge in [-0.3, -0.25) is 0 Å². The summed E-state index contributed by atoms with van der Waals surface area (Å²) in [6.45, 7) is 6.40. The molecule has 1 aliphatic rings. The predicted molar refractivity (Wildman–Crippen MR) is 101 cm³/mol. The second-order valence-corrected chi connectivity index (χ2v) is 8.14. The van der Waals surface area contributed by atoms with Gasteiger partial charge in [-0.2, -0.15) is 0 Å². The van der Waals surface area contributed by atoms with Crippen molar-refractivity contribution in [3.05, 3.63) is 12.1 Å². The van der Waals surface area contributed by atoms with Crippen molar-refractivity contribution < 1.29 is 23.4 Å². The molecule has 3 rings (SSSR count). The largest absolute Gasteiger partial charge is 0.474 e. The van der Waals surface area contributed by atoms with Crippen LogP contribution in [0.15, 0.2) is 12.1 Å². The van der Waals surface area contributed by atoms with Gasteiger partial charge in [-0.15, -0.1) is 0 Å². The fourth-order valence-electron chi connectivity index (χ4n) is 3.09. The molecule has 2 aromatic heterocycles. The Morgan fingerprint density at radius 1 is 1.37 bits per heavy atom. The molecule has 0 amide bonds. The highest BCUT2D eigenvalue weighted by Gasteiger charge is 2.46. The van der Waals surface area contributed by atoms with E-state index in [2.05, 4.69) is 9.97 Å². The predicted octanol–water partition coefficient (Wildman–Crippen LogP) is 3.97. The van der Waals surface area contributed by atoms with Gasteiger partial charge >= 0.3 is 0 Å². The highest BCUT2D eigenvalue weighted by atomic mass is 32.1. The van der Waals surface area contributed by atoms with Crippen LogP contribution in [0.1, 0.15) is 40.0 Å². The Kier molecular flexibility index (Phi) is 6.26. The Morgan fingerprint density at radius 2 is 2.15 bits per heavy atom. The number of carbonyl (C=O) groups is 1. The van der Waals surface area contributed by atoms with E-state index in [-0.39, 0.29) is 24.4 Å². The first kappa shape index (κ1) is 19.9. The Labute approximate surface area is 162 Å². The summed E-state index contributed by atoms with van der Waals surface area (Å²) in [5, 5.41) is 0.567. The highest BCUT2D eigenvalue weighted by molar-refractivity contribution is 7.19. The van der Waals surface area contributed by atoms with Crippen molar-refractivity contribution >= 4 is 27.5 Å². The molecule has 8 heteroatoms. The van der Waals surface area contributed by atoms with Gasteiger partial charge < -0.3 is 19.0 Å². The third-order valence-electron chi connectivity index (χ3n) is 4.40. The average molecular weight is 396 g/mol. The van der Waals surface area contributed by atoms with Crippen molar-refractivity contribution in [1.82, 2.24) is 9.97 Å². The van der Waals surface area contributed by atoms with Gasteiger partial charge in [0, 0.05) is 31.9 Å². The van der Waals surface area contributed by atoms with Gasteiger partial charge in [-0.25, -0.2) is 14.4 Å². The third kappa shape index (κ3) is 5.35. The molecular weight excluding hydrogens is 371 g/mol. The van der Waals surface area contributed by atoms with Crippen molar-refractivity contribution in [3.63, 3.8) is 0 Å². The molecular formula is C19H25FN2O4S. The van der Waals surface area contributed by atoms with Gasteiger partial charge in [-0.05, 0) is 25.8 Å². The number of nitrogens with zero attached hydrogens (tertiary/aromatic N) is 2. The lowest BCUT2D eigenvalue weighted by Crippen LogP contribution is -2.49. The molecule has 148 valence electrons. The van der Waals surface area contributed by atoms with E-state index in [0.29, 0.717) is 48.4 Å². The van der Waals surface area contributed by atoms with Crippen LogP contribution in [0.25, 0.3) is 10.3 Å². The van der Waals surface area contributed by atoms with E-state index in [1.54, 1.807) is 19.1 Å². The van der Waals surface area contributed by atoms with Gasteiger partial charge in [-0.1, -0.05) is 18.3 Å². The van der Waals surface area contributed by atoms with Crippen LogP contribution in [0, 0.1) is 5.92 Å². The number of carbonyl (C=O) groups excluding carboxylic acids is 1. The lowest BCUT2D eigenvalue weighted by atomic mass is 9.79. The second kappa shape index (κ2) is 8.48. The summed E-state index contributed by atoms with van der Waals surface area (Å²) in [6.07, 6.45) is 0.986. The minimum Gasteiger partial charge on any atom is -0.474 e. The molecule has 0 N–H and O–H groups in total. The van der Waals surface area contributed by atoms with E-state index in [0.717, 1.165) is 5.52 Å². The van der Waals surface area contributed by atoms with Crippen molar-refractivity contribution in [2.24, 2.45) is 5.92 Å². The molecule has 0 aliphatic heterocycles. The third-order valence-corrected chi connectivity index (χ3v) is 5.27. The number of Topliss-reactive ketones (excluding diaryl/α,β-unsaturated/α-hetero) is 1. The molecule has 0 unspecified atom stereocenters. The minimum atomic E-state index is -1.39. The molecule has 0 spiro atoms. The van der Waals surface area contributed by atoms with Crippen LogP contribution in [0.5, 0.6) is 11.1 Å². The number of rotatable bonds is 10. The van der Waals surface area contributed by atoms with Gasteiger partial charge in [0.2, 0.25) is 5.88 Å².